The van der Waals surface area contributed by atoms with E-state index in [-0.39, 0.29) is 11.2 Å². The van der Waals surface area contributed by atoms with Gasteiger partial charge in [0.2, 0.25) is 10.0 Å². The third-order valence-corrected chi connectivity index (χ3v) is 4.63. The molecule has 0 saturated heterocycles. The zero-order chi connectivity index (χ0) is 10.7. The molecule has 0 rings (SSSR count). The van der Waals surface area contributed by atoms with E-state index in [4.69, 9.17) is 0 Å². The Morgan fingerprint density at radius 2 is 1.92 bits per heavy atom. The van der Waals surface area contributed by atoms with E-state index in [0.717, 1.165) is 0 Å². The summed E-state index contributed by atoms with van der Waals surface area (Å²) >= 11 is 2.91. The van der Waals surface area contributed by atoms with Crippen molar-refractivity contribution in [2.75, 3.05) is 17.8 Å². The molecule has 0 atom stereocenters. The molecule has 0 unspecified atom stereocenters. The average Bonchev–Trinajstić information content (AvgIpc) is 1.98. The van der Waals surface area contributed by atoms with Crippen molar-refractivity contribution < 1.29 is 13.5 Å². The monoisotopic (exact) mass is 273 g/mol. The van der Waals surface area contributed by atoms with Crippen LogP contribution < -0.4 is 0 Å². The summed E-state index contributed by atoms with van der Waals surface area (Å²) in [5.74, 6) is 0. The second kappa shape index (κ2) is 4.72. The van der Waals surface area contributed by atoms with Crippen LogP contribution in [0.25, 0.3) is 0 Å². The molecule has 0 radical (unpaired) electrons. The normalized spacial score (nSPS) is 13.7. The van der Waals surface area contributed by atoms with Crippen LogP contribution in [-0.4, -0.2) is 41.2 Å². The van der Waals surface area contributed by atoms with E-state index in [0.29, 0.717) is 6.54 Å². The van der Waals surface area contributed by atoms with Gasteiger partial charge in [0.05, 0.1) is 5.60 Å². The number of alkyl halides is 1. The van der Waals surface area contributed by atoms with Gasteiger partial charge in [0, 0.05) is 13.1 Å². The summed E-state index contributed by atoms with van der Waals surface area (Å²) in [7, 11) is -3.25. The molecular formula is C7H16BrNO3S. The van der Waals surface area contributed by atoms with Crippen molar-refractivity contribution in [3.05, 3.63) is 0 Å². The van der Waals surface area contributed by atoms with Crippen LogP contribution >= 0.6 is 15.9 Å². The summed E-state index contributed by atoms with van der Waals surface area (Å²) < 4.78 is 23.9. The van der Waals surface area contributed by atoms with E-state index in [9.17, 15) is 13.5 Å². The minimum atomic E-state index is -3.25. The molecule has 0 saturated carbocycles. The van der Waals surface area contributed by atoms with Crippen molar-refractivity contribution in [1.29, 1.82) is 0 Å². The van der Waals surface area contributed by atoms with Gasteiger partial charge in [-0.2, -0.15) is 4.31 Å². The molecule has 0 bridgehead atoms. The Morgan fingerprint density at radius 1 is 1.46 bits per heavy atom. The molecule has 0 amide bonds. The van der Waals surface area contributed by atoms with E-state index in [1.54, 1.807) is 20.8 Å². The molecule has 0 aliphatic rings. The molecule has 4 nitrogen and oxygen atoms in total. The Kier molecular flexibility index (Phi) is 4.85. The molecule has 80 valence electrons. The van der Waals surface area contributed by atoms with Crippen molar-refractivity contribution in [3.8, 4) is 0 Å². The number of aliphatic hydroxyl groups is 1. The molecule has 0 aromatic rings. The second-order valence-corrected chi connectivity index (χ2v) is 6.73. The van der Waals surface area contributed by atoms with Crippen molar-refractivity contribution in [2.45, 2.75) is 26.4 Å². The fourth-order valence-electron chi connectivity index (χ4n) is 0.907. The van der Waals surface area contributed by atoms with Gasteiger partial charge in [-0.1, -0.05) is 22.9 Å². The summed E-state index contributed by atoms with van der Waals surface area (Å²) in [6, 6.07) is 0. The van der Waals surface area contributed by atoms with Crippen LogP contribution in [0.3, 0.4) is 0 Å². The summed E-state index contributed by atoms with van der Waals surface area (Å²) in [6.07, 6.45) is 0. The van der Waals surface area contributed by atoms with E-state index in [2.05, 4.69) is 15.9 Å². The molecule has 0 heterocycles. The number of hydrogen-bond acceptors (Lipinski definition) is 3. The molecule has 0 aromatic carbocycles. The molecule has 13 heavy (non-hydrogen) atoms. The maximum absolute atomic E-state index is 11.4. The molecule has 0 aromatic heterocycles. The fraction of sp³-hybridized carbons (Fsp3) is 1.00. The predicted molar refractivity (Wildman–Crippen MR) is 56.3 cm³/mol. The highest BCUT2D eigenvalue weighted by Crippen LogP contribution is 2.11. The quantitative estimate of drug-likeness (QED) is 0.753. The van der Waals surface area contributed by atoms with Gasteiger partial charge in [0.15, 0.2) is 0 Å². The smallest absolute Gasteiger partial charge is 0.224 e. The van der Waals surface area contributed by atoms with Gasteiger partial charge in [0.1, 0.15) is 4.66 Å². The lowest BCUT2D eigenvalue weighted by Gasteiger charge is -2.26. The van der Waals surface area contributed by atoms with Gasteiger partial charge in [-0.05, 0) is 13.8 Å². The van der Waals surface area contributed by atoms with E-state index >= 15 is 0 Å². The first-order valence-corrected chi connectivity index (χ1v) is 6.72. The van der Waals surface area contributed by atoms with Crippen molar-refractivity contribution >= 4 is 26.0 Å². The zero-order valence-corrected chi connectivity index (χ0v) is 10.5. The van der Waals surface area contributed by atoms with Crippen LogP contribution in [0, 0.1) is 0 Å². The third kappa shape index (κ3) is 4.95. The molecule has 0 fully saturated rings. The van der Waals surface area contributed by atoms with Crippen LogP contribution in [0.5, 0.6) is 0 Å². The molecule has 6 heteroatoms. The maximum Gasteiger partial charge on any atom is 0.224 e. The van der Waals surface area contributed by atoms with Gasteiger partial charge in [0.25, 0.3) is 0 Å². The van der Waals surface area contributed by atoms with Crippen molar-refractivity contribution in [1.82, 2.24) is 4.31 Å². The Balaban J connectivity index is 4.55. The minimum absolute atomic E-state index is 0.107. The van der Waals surface area contributed by atoms with Crippen LogP contribution in [0.4, 0.5) is 0 Å². The maximum atomic E-state index is 11.4. The molecule has 1 N–H and O–H groups in total. The third-order valence-electron chi connectivity index (χ3n) is 1.45. The van der Waals surface area contributed by atoms with Crippen LogP contribution in [0.2, 0.25) is 0 Å². The van der Waals surface area contributed by atoms with Crippen molar-refractivity contribution in [2.24, 2.45) is 0 Å². The van der Waals surface area contributed by atoms with Gasteiger partial charge in [-0.3, -0.25) is 0 Å². The van der Waals surface area contributed by atoms with E-state index in [1.807, 2.05) is 0 Å². The zero-order valence-electron chi connectivity index (χ0n) is 8.12. The lowest BCUT2D eigenvalue weighted by molar-refractivity contribution is 0.0603. The van der Waals surface area contributed by atoms with Crippen LogP contribution in [0.1, 0.15) is 20.8 Å². The minimum Gasteiger partial charge on any atom is -0.389 e. The number of nitrogens with zero attached hydrogens (tertiary/aromatic N) is 1. The van der Waals surface area contributed by atoms with Gasteiger partial charge in [-0.15, -0.1) is 0 Å². The first-order valence-electron chi connectivity index (χ1n) is 3.99. The summed E-state index contributed by atoms with van der Waals surface area (Å²) in [6.45, 7) is 5.40. The van der Waals surface area contributed by atoms with Crippen molar-refractivity contribution in [3.63, 3.8) is 0 Å². The van der Waals surface area contributed by atoms with Crippen LogP contribution in [0.15, 0.2) is 0 Å². The van der Waals surface area contributed by atoms with Gasteiger partial charge in [-0.25, -0.2) is 8.42 Å². The highest BCUT2D eigenvalue weighted by molar-refractivity contribution is 9.10. The average molecular weight is 274 g/mol. The standard InChI is InChI=1S/C7H16BrNO3S/c1-4-9(5-7(2,3)10)13(11,12)6-8/h10H,4-6H2,1-3H3. The van der Waals surface area contributed by atoms with Gasteiger partial charge >= 0.3 is 0 Å². The number of likely N-dealkylation sites (N-methyl/N-ethyl adjacent to an activating group) is 1. The first kappa shape index (κ1) is 13.4. The Hall–Kier alpha value is 0.350. The van der Waals surface area contributed by atoms with E-state index < -0.39 is 15.6 Å². The molecule has 0 aliphatic heterocycles. The lowest BCUT2D eigenvalue weighted by Crippen LogP contribution is -2.42. The highest BCUT2D eigenvalue weighted by atomic mass is 79.9. The summed E-state index contributed by atoms with van der Waals surface area (Å²) in [5.41, 5.74) is -0.995. The summed E-state index contributed by atoms with van der Waals surface area (Å²) in [5, 5.41) is 9.46. The molecular weight excluding hydrogens is 258 g/mol. The highest BCUT2D eigenvalue weighted by Gasteiger charge is 2.25. The van der Waals surface area contributed by atoms with Gasteiger partial charge < -0.3 is 5.11 Å². The van der Waals surface area contributed by atoms with E-state index in [1.165, 1.54) is 4.31 Å². The summed E-state index contributed by atoms with van der Waals surface area (Å²) in [4.78, 5) is 0. The fourth-order valence-corrected chi connectivity index (χ4v) is 2.82. The Labute approximate surface area is 88.1 Å². The number of rotatable bonds is 5. The number of halogens is 1. The molecule has 0 spiro atoms. The Morgan fingerprint density at radius 3 is 2.15 bits per heavy atom. The first-order chi connectivity index (χ1) is 5.73. The molecule has 0 aliphatic carbocycles. The SMILES string of the molecule is CCN(CC(C)(C)O)S(=O)(=O)CBr. The number of hydrogen-bond donors (Lipinski definition) is 1. The topological polar surface area (TPSA) is 57.6 Å². The van der Waals surface area contributed by atoms with Crippen LogP contribution in [-0.2, 0) is 10.0 Å². The predicted octanol–water partition coefficient (Wildman–Crippen LogP) is 0.761. The Bertz CT molecular complexity index is 245. The largest absolute Gasteiger partial charge is 0.389 e. The number of sulfonamides is 1. The lowest BCUT2D eigenvalue weighted by atomic mass is 10.1. The second-order valence-electron chi connectivity index (χ2n) is 3.46.